The van der Waals surface area contributed by atoms with E-state index in [4.69, 9.17) is 5.90 Å². The number of hydrogen-bond donors (Lipinski definition) is 1. The third-order valence-electron chi connectivity index (χ3n) is 1.46. The van der Waals surface area contributed by atoms with Crippen LogP contribution >= 0.6 is 0 Å². The molecule has 0 bridgehead atoms. The van der Waals surface area contributed by atoms with Crippen LogP contribution in [0.1, 0.15) is 5.56 Å². The third-order valence-corrected chi connectivity index (χ3v) is 1.46. The molecule has 5 nitrogen and oxygen atoms in total. The van der Waals surface area contributed by atoms with Gasteiger partial charge in [-0.2, -0.15) is 4.39 Å². The summed E-state index contributed by atoms with van der Waals surface area (Å²) in [5, 5.41) is 10.3. The fourth-order valence-corrected chi connectivity index (χ4v) is 0.884. The fourth-order valence-electron chi connectivity index (χ4n) is 0.884. The molecular weight excluding hydrogens is 179 g/mol. The first-order valence-electron chi connectivity index (χ1n) is 3.39. The predicted molar refractivity (Wildman–Crippen MR) is 42.0 cm³/mol. The van der Waals surface area contributed by atoms with Gasteiger partial charge in [-0.25, -0.2) is 5.90 Å². The van der Waals surface area contributed by atoms with Crippen molar-refractivity contribution in [3.05, 3.63) is 39.7 Å². The topological polar surface area (TPSA) is 78.4 Å². The number of rotatable bonds is 3. The standard InChI is InChI=1S/C7H7FN2O3/c8-6-2-1-5(4-13-9)3-7(6)10(11)12/h1-3H,4,9H2. The second kappa shape index (κ2) is 3.92. The van der Waals surface area contributed by atoms with E-state index in [-0.39, 0.29) is 6.61 Å². The molecule has 0 aliphatic carbocycles. The third kappa shape index (κ3) is 2.20. The first kappa shape index (κ1) is 9.56. The van der Waals surface area contributed by atoms with Crippen LogP contribution in [0.2, 0.25) is 0 Å². The van der Waals surface area contributed by atoms with Crippen LogP contribution in [-0.4, -0.2) is 4.92 Å². The summed E-state index contributed by atoms with van der Waals surface area (Å²) in [6.45, 7) is 0.0150. The van der Waals surface area contributed by atoms with Gasteiger partial charge in [0.05, 0.1) is 11.5 Å². The number of benzene rings is 1. The molecule has 0 radical (unpaired) electrons. The van der Waals surface area contributed by atoms with Crippen LogP contribution in [0, 0.1) is 15.9 Å². The van der Waals surface area contributed by atoms with Gasteiger partial charge in [-0.05, 0) is 11.6 Å². The van der Waals surface area contributed by atoms with Gasteiger partial charge in [0.15, 0.2) is 0 Å². The summed E-state index contributed by atoms with van der Waals surface area (Å²) >= 11 is 0. The van der Waals surface area contributed by atoms with E-state index in [0.29, 0.717) is 5.56 Å². The van der Waals surface area contributed by atoms with Crippen LogP contribution in [-0.2, 0) is 11.4 Å². The van der Waals surface area contributed by atoms with E-state index in [9.17, 15) is 14.5 Å². The van der Waals surface area contributed by atoms with Crippen molar-refractivity contribution in [1.82, 2.24) is 0 Å². The summed E-state index contributed by atoms with van der Waals surface area (Å²) in [7, 11) is 0. The van der Waals surface area contributed by atoms with Gasteiger partial charge >= 0.3 is 5.69 Å². The normalized spacial score (nSPS) is 10.0. The van der Waals surface area contributed by atoms with Crippen LogP contribution in [0.5, 0.6) is 0 Å². The summed E-state index contributed by atoms with van der Waals surface area (Å²) in [5.41, 5.74) is -0.120. The SMILES string of the molecule is NOCc1ccc(F)c([N+](=O)[O-])c1. The molecule has 0 spiro atoms. The Morgan fingerprint density at radius 3 is 2.85 bits per heavy atom. The van der Waals surface area contributed by atoms with E-state index in [1.54, 1.807) is 0 Å². The van der Waals surface area contributed by atoms with Crippen molar-refractivity contribution in [3.63, 3.8) is 0 Å². The summed E-state index contributed by atoms with van der Waals surface area (Å²) in [4.78, 5) is 13.7. The molecule has 70 valence electrons. The highest BCUT2D eigenvalue weighted by Crippen LogP contribution is 2.18. The van der Waals surface area contributed by atoms with Crippen molar-refractivity contribution < 1.29 is 14.2 Å². The minimum absolute atomic E-state index is 0.0150. The Hall–Kier alpha value is -1.53. The summed E-state index contributed by atoms with van der Waals surface area (Å²) < 4.78 is 12.7. The van der Waals surface area contributed by atoms with E-state index in [2.05, 4.69) is 4.84 Å². The second-order valence-corrected chi connectivity index (χ2v) is 2.35. The number of hydrogen-bond acceptors (Lipinski definition) is 4. The summed E-state index contributed by atoms with van der Waals surface area (Å²) in [6.07, 6.45) is 0. The van der Waals surface area contributed by atoms with Crippen molar-refractivity contribution in [1.29, 1.82) is 0 Å². The molecule has 0 unspecified atom stereocenters. The van der Waals surface area contributed by atoms with Gasteiger partial charge in [0, 0.05) is 6.07 Å². The molecule has 6 heteroatoms. The van der Waals surface area contributed by atoms with Gasteiger partial charge in [-0.15, -0.1) is 0 Å². The number of nitrogens with zero attached hydrogens (tertiary/aromatic N) is 1. The van der Waals surface area contributed by atoms with E-state index in [1.165, 1.54) is 6.07 Å². The molecule has 13 heavy (non-hydrogen) atoms. The zero-order valence-corrected chi connectivity index (χ0v) is 6.57. The predicted octanol–water partition coefficient (Wildman–Crippen LogP) is 1.12. The highest BCUT2D eigenvalue weighted by Gasteiger charge is 2.13. The Kier molecular flexibility index (Phi) is 2.88. The molecule has 0 aromatic heterocycles. The number of nitrogens with two attached hydrogens (primary N) is 1. The molecule has 2 N–H and O–H groups in total. The Morgan fingerprint density at radius 2 is 2.31 bits per heavy atom. The second-order valence-electron chi connectivity index (χ2n) is 2.35. The molecule has 0 saturated carbocycles. The lowest BCUT2D eigenvalue weighted by molar-refractivity contribution is -0.387. The van der Waals surface area contributed by atoms with Crippen molar-refractivity contribution >= 4 is 5.69 Å². The lowest BCUT2D eigenvalue weighted by Crippen LogP contribution is -2.00. The van der Waals surface area contributed by atoms with E-state index in [0.717, 1.165) is 12.1 Å². The maximum Gasteiger partial charge on any atom is 0.305 e. The van der Waals surface area contributed by atoms with E-state index >= 15 is 0 Å². The van der Waals surface area contributed by atoms with Gasteiger partial charge in [0.2, 0.25) is 5.82 Å². The van der Waals surface area contributed by atoms with Gasteiger partial charge in [0.1, 0.15) is 0 Å². The van der Waals surface area contributed by atoms with Gasteiger partial charge in [0.25, 0.3) is 0 Å². The smallest absolute Gasteiger partial charge is 0.300 e. The van der Waals surface area contributed by atoms with Crippen molar-refractivity contribution in [2.75, 3.05) is 0 Å². The quantitative estimate of drug-likeness (QED) is 0.566. The zero-order chi connectivity index (χ0) is 9.84. The number of nitro groups is 1. The van der Waals surface area contributed by atoms with Crippen LogP contribution in [0.25, 0.3) is 0 Å². The lowest BCUT2D eigenvalue weighted by Gasteiger charge is -1.98. The molecule has 0 fully saturated rings. The Labute approximate surface area is 73.0 Å². The van der Waals surface area contributed by atoms with E-state index < -0.39 is 16.4 Å². The zero-order valence-electron chi connectivity index (χ0n) is 6.57. The van der Waals surface area contributed by atoms with Crippen LogP contribution < -0.4 is 5.90 Å². The Bertz CT molecular complexity index is 330. The van der Waals surface area contributed by atoms with Gasteiger partial charge in [-0.1, -0.05) is 6.07 Å². The highest BCUT2D eigenvalue weighted by molar-refractivity contribution is 5.35. The first-order valence-corrected chi connectivity index (χ1v) is 3.39. The molecule has 1 aromatic rings. The minimum atomic E-state index is -0.870. The fraction of sp³-hybridized carbons (Fsp3) is 0.143. The first-order chi connectivity index (χ1) is 6.15. The maximum atomic E-state index is 12.7. The highest BCUT2D eigenvalue weighted by atomic mass is 19.1. The Morgan fingerprint density at radius 1 is 1.62 bits per heavy atom. The molecule has 0 saturated heterocycles. The van der Waals surface area contributed by atoms with Gasteiger partial charge in [-0.3, -0.25) is 15.0 Å². The van der Waals surface area contributed by atoms with Crippen LogP contribution in [0.15, 0.2) is 18.2 Å². The number of nitro benzene ring substituents is 1. The Balaban J connectivity index is 3.04. The van der Waals surface area contributed by atoms with Crippen molar-refractivity contribution in [2.24, 2.45) is 5.90 Å². The average Bonchev–Trinajstić information content (AvgIpc) is 2.08. The van der Waals surface area contributed by atoms with Crippen molar-refractivity contribution in [3.8, 4) is 0 Å². The molecule has 0 aliphatic heterocycles. The maximum absolute atomic E-state index is 12.7. The average molecular weight is 186 g/mol. The van der Waals surface area contributed by atoms with E-state index in [1.807, 2.05) is 0 Å². The van der Waals surface area contributed by atoms with Crippen LogP contribution in [0.3, 0.4) is 0 Å². The minimum Gasteiger partial charge on any atom is -0.300 e. The molecule has 0 aliphatic rings. The van der Waals surface area contributed by atoms with Crippen LogP contribution in [0.4, 0.5) is 10.1 Å². The largest absolute Gasteiger partial charge is 0.305 e. The molecule has 0 heterocycles. The lowest BCUT2D eigenvalue weighted by atomic mass is 10.2. The monoisotopic (exact) mass is 186 g/mol. The molecule has 0 atom stereocenters. The molecular formula is C7H7FN2O3. The summed E-state index contributed by atoms with van der Waals surface area (Å²) in [5.74, 6) is 3.89. The van der Waals surface area contributed by atoms with Crippen molar-refractivity contribution in [2.45, 2.75) is 6.61 Å². The number of halogens is 1. The van der Waals surface area contributed by atoms with Gasteiger partial charge < -0.3 is 0 Å². The molecule has 1 rings (SSSR count). The molecule has 0 amide bonds. The molecule has 1 aromatic carbocycles. The summed E-state index contributed by atoms with van der Waals surface area (Å²) in [6, 6.07) is 3.46.